The van der Waals surface area contributed by atoms with Crippen LogP contribution in [0.4, 0.5) is 0 Å². The van der Waals surface area contributed by atoms with Crippen LogP contribution in [0.15, 0.2) is 42.9 Å². The summed E-state index contributed by atoms with van der Waals surface area (Å²) >= 11 is 0. The Morgan fingerprint density at radius 2 is 1.59 bits per heavy atom. The summed E-state index contributed by atoms with van der Waals surface area (Å²) < 4.78 is 0. The predicted octanol–water partition coefficient (Wildman–Crippen LogP) is -0.512. The van der Waals surface area contributed by atoms with Crippen molar-refractivity contribution in [2.24, 2.45) is 11.7 Å². The molecule has 0 bridgehead atoms. The van der Waals surface area contributed by atoms with Gasteiger partial charge in [-0.2, -0.15) is 0 Å². The minimum absolute atomic E-state index is 0.00857. The lowest BCUT2D eigenvalue weighted by atomic mass is 10.0. The number of aliphatic hydroxyl groups excluding tert-OH is 1. The van der Waals surface area contributed by atoms with Crippen LogP contribution in [0.3, 0.4) is 0 Å². The lowest BCUT2D eigenvalue weighted by molar-refractivity contribution is -0.143. The molecule has 3 amide bonds. The van der Waals surface area contributed by atoms with Gasteiger partial charge in [-0.05, 0) is 24.8 Å². The van der Waals surface area contributed by atoms with Crippen molar-refractivity contribution in [1.29, 1.82) is 0 Å². The van der Waals surface area contributed by atoms with E-state index in [9.17, 15) is 29.4 Å². The molecule has 12 heteroatoms. The summed E-state index contributed by atoms with van der Waals surface area (Å²) in [5.41, 5.74) is 7.19. The van der Waals surface area contributed by atoms with Crippen LogP contribution in [0, 0.1) is 5.92 Å². The predicted molar refractivity (Wildman–Crippen MR) is 135 cm³/mol. The molecule has 0 saturated carbocycles. The molecule has 5 atom stereocenters. The molecule has 0 saturated heterocycles. The van der Waals surface area contributed by atoms with Crippen LogP contribution in [0.25, 0.3) is 0 Å². The molecule has 202 valence electrons. The fourth-order valence-electron chi connectivity index (χ4n) is 3.69. The summed E-state index contributed by atoms with van der Waals surface area (Å²) in [6.07, 6.45) is 1.98. The van der Waals surface area contributed by atoms with Crippen molar-refractivity contribution >= 4 is 23.7 Å². The summed E-state index contributed by atoms with van der Waals surface area (Å²) in [5.74, 6) is -3.29. The number of hydrogen-bond donors (Lipinski definition) is 7. The van der Waals surface area contributed by atoms with E-state index in [2.05, 4.69) is 25.9 Å². The number of nitrogens with one attached hydrogen (secondary N) is 4. The highest BCUT2D eigenvalue weighted by atomic mass is 16.4. The van der Waals surface area contributed by atoms with E-state index in [-0.39, 0.29) is 18.8 Å². The number of imidazole rings is 1. The number of carbonyl (C=O) groups is 4. The number of H-pyrrole nitrogens is 1. The number of nitrogens with two attached hydrogens (primary N) is 1. The number of rotatable bonds is 14. The van der Waals surface area contributed by atoms with Gasteiger partial charge in [0.1, 0.15) is 18.1 Å². The maximum atomic E-state index is 13.2. The highest BCUT2D eigenvalue weighted by molar-refractivity contribution is 5.94. The molecule has 0 radical (unpaired) electrons. The number of carbonyl (C=O) groups excluding carboxylic acids is 3. The van der Waals surface area contributed by atoms with Crippen molar-refractivity contribution in [3.8, 4) is 0 Å². The molecule has 1 heterocycles. The Morgan fingerprint density at radius 1 is 0.946 bits per heavy atom. The molecule has 0 aliphatic heterocycles. The van der Waals surface area contributed by atoms with Gasteiger partial charge in [-0.25, -0.2) is 9.78 Å². The maximum Gasteiger partial charge on any atom is 0.326 e. The quantitative estimate of drug-likeness (QED) is 0.174. The lowest BCUT2D eigenvalue weighted by Crippen LogP contribution is -2.60. The van der Waals surface area contributed by atoms with Gasteiger partial charge in [0.15, 0.2) is 0 Å². The number of benzene rings is 1. The molecule has 2 rings (SSSR count). The van der Waals surface area contributed by atoms with Crippen molar-refractivity contribution in [1.82, 2.24) is 25.9 Å². The third-order valence-corrected chi connectivity index (χ3v) is 5.63. The van der Waals surface area contributed by atoms with Crippen LogP contribution >= 0.6 is 0 Å². The largest absolute Gasteiger partial charge is 0.480 e. The third kappa shape index (κ3) is 9.66. The second kappa shape index (κ2) is 14.1. The molecular formula is C25H36N6O6. The molecule has 1 aromatic carbocycles. The number of aliphatic hydroxyl groups is 1. The number of aromatic nitrogens is 2. The Morgan fingerprint density at radius 3 is 2.14 bits per heavy atom. The third-order valence-electron chi connectivity index (χ3n) is 5.63. The van der Waals surface area contributed by atoms with Crippen LogP contribution in [0.2, 0.25) is 0 Å². The normalized spacial score (nSPS) is 15.2. The summed E-state index contributed by atoms with van der Waals surface area (Å²) in [7, 11) is 0. The summed E-state index contributed by atoms with van der Waals surface area (Å²) in [4.78, 5) is 57.3. The Bertz CT molecular complexity index is 1030. The van der Waals surface area contributed by atoms with Crippen LogP contribution in [-0.2, 0) is 32.0 Å². The van der Waals surface area contributed by atoms with Crippen molar-refractivity contribution in [3.63, 3.8) is 0 Å². The van der Waals surface area contributed by atoms with E-state index in [4.69, 9.17) is 5.73 Å². The topological polar surface area (TPSA) is 200 Å². The number of aromatic amines is 1. The van der Waals surface area contributed by atoms with Crippen LogP contribution < -0.4 is 21.7 Å². The molecule has 37 heavy (non-hydrogen) atoms. The minimum Gasteiger partial charge on any atom is -0.480 e. The first-order chi connectivity index (χ1) is 17.5. The van der Waals surface area contributed by atoms with Gasteiger partial charge in [-0.1, -0.05) is 44.2 Å². The zero-order valence-corrected chi connectivity index (χ0v) is 21.2. The van der Waals surface area contributed by atoms with E-state index in [1.807, 2.05) is 13.8 Å². The van der Waals surface area contributed by atoms with Crippen LogP contribution in [-0.4, -0.2) is 74.1 Å². The SMILES string of the molecule is CC(C)CC(N)C(=O)NC(Cc1cnc[nH]1)C(=O)NC(C(=O)NC(Cc1ccccc1)C(=O)O)C(C)O. The second-order valence-electron chi connectivity index (χ2n) is 9.39. The Hall–Kier alpha value is -3.77. The molecule has 1 aromatic heterocycles. The van der Waals surface area contributed by atoms with Crippen molar-refractivity contribution in [2.75, 3.05) is 0 Å². The molecule has 0 fully saturated rings. The number of aliphatic carboxylic acids is 1. The van der Waals surface area contributed by atoms with E-state index in [1.54, 1.807) is 30.3 Å². The molecule has 0 aliphatic carbocycles. The zero-order valence-electron chi connectivity index (χ0n) is 21.2. The zero-order chi connectivity index (χ0) is 27.5. The highest BCUT2D eigenvalue weighted by Crippen LogP contribution is 2.07. The first-order valence-electron chi connectivity index (χ1n) is 12.1. The summed E-state index contributed by atoms with van der Waals surface area (Å²) in [5, 5.41) is 27.3. The first kappa shape index (κ1) is 29.5. The molecule has 12 nitrogen and oxygen atoms in total. The van der Waals surface area contributed by atoms with Gasteiger partial charge >= 0.3 is 5.97 Å². The molecule has 0 aliphatic rings. The maximum absolute atomic E-state index is 13.2. The van der Waals surface area contributed by atoms with E-state index in [0.29, 0.717) is 17.7 Å². The average Bonchev–Trinajstić information content (AvgIpc) is 3.34. The van der Waals surface area contributed by atoms with Gasteiger partial charge in [0.25, 0.3) is 0 Å². The van der Waals surface area contributed by atoms with Crippen LogP contribution in [0.1, 0.15) is 38.4 Å². The highest BCUT2D eigenvalue weighted by Gasteiger charge is 2.33. The van der Waals surface area contributed by atoms with Gasteiger partial charge in [-0.3, -0.25) is 14.4 Å². The lowest BCUT2D eigenvalue weighted by Gasteiger charge is -2.26. The van der Waals surface area contributed by atoms with Gasteiger partial charge < -0.3 is 36.9 Å². The monoisotopic (exact) mass is 516 g/mol. The number of hydrogen-bond acceptors (Lipinski definition) is 7. The fraction of sp³-hybridized carbons (Fsp3) is 0.480. The molecule has 0 spiro atoms. The molecule has 5 unspecified atom stereocenters. The van der Waals surface area contributed by atoms with Crippen LogP contribution in [0.5, 0.6) is 0 Å². The molecule has 2 aromatic rings. The average molecular weight is 517 g/mol. The van der Waals surface area contributed by atoms with E-state index in [0.717, 1.165) is 0 Å². The van der Waals surface area contributed by atoms with Gasteiger partial charge in [0.2, 0.25) is 17.7 Å². The van der Waals surface area contributed by atoms with E-state index in [1.165, 1.54) is 19.4 Å². The first-order valence-corrected chi connectivity index (χ1v) is 12.1. The Kier molecular flexibility index (Phi) is 11.2. The van der Waals surface area contributed by atoms with Crippen molar-refractivity contribution in [3.05, 3.63) is 54.1 Å². The number of amides is 3. The number of nitrogens with zero attached hydrogens (tertiary/aromatic N) is 1. The number of carboxylic acids is 1. The fourth-order valence-corrected chi connectivity index (χ4v) is 3.69. The number of carboxylic acid groups (broad SMARTS) is 1. The minimum atomic E-state index is -1.48. The Balaban J connectivity index is 2.15. The molecule has 8 N–H and O–H groups in total. The van der Waals surface area contributed by atoms with Crippen molar-refractivity contribution in [2.45, 2.75) is 70.3 Å². The van der Waals surface area contributed by atoms with Gasteiger partial charge in [0.05, 0.1) is 18.5 Å². The second-order valence-corrected chi connectivity index (χ2v) is 9.39. The smallest absolute Gasteiger partial charge is 0.326 e. The molecular weight excluding hydrogens is 480 g/mol. The van der Waals surface area contributed by atoms with Crippen molar-refractivity contribution < 1.29 is 29.4 Å². The standard InChI is InChI=1S/C25H36N6O6/c1-14(2)9-18(26)22(33)29-19(11-17-12-27-13-28-17)23(34)31-21(15(3)32)24(35)30-20(25(36)37)10-16-7-5-4-6-8-16/h4-8,12-15,18-21,32H,9-11,26H2,1-3H3,(H,27,28)(H,29,33)(H,30,35)(H,31,34)(H,36,37). The summed E-state index contributed by atoms with van der Waals surface area (Å²) in [6, 6.07) is 3.98. The van der Waals surface area contributed by atoms with Gasteiger partial charge in [0, 0.05) is 24.7 Å². The van der Waals surface area contributed by atoms with E-state index < -0.39 is 54.0 Å². The van der Waals surface area contributed by atoms with Gasteiger partial charge in [-0.15, -0.1) is 0 Å². The Labute approximate surface area is 215 Å². The van der Waals surface area contributed by atoms with E-state index >= 15 is 0 Å². The summed E-state index contributed by atoms with van der Waals surface area (Å²) in [6.45, 7) is 5.12.